The summed E-state index contributed by atoms with van der Waals surface area (Å²) in [6.07, 6.45) is 1.60. The first-order valence-electron chi connectivity index (χ1n) is 10.2. The zero-order valence-electron chi connectivity index (χ0n) is 17.2. The number of nitrogens with zero attached hydrogens (tertiary/aromatic N) is 2. The lowest BCUT2D eigenvalue weighted by atomic mass is 9.97. The molecule has 7 heteroatoms. The van der Waals surface area contributed by atoms with Crippen LogP contribution in [0.25, 0.3) is 0 Å². The van der Waals surface area contributed by atoms with Gasteiger partial charge in [0.05, 0.1) is 18.9 Å². The fraction of sp³-hybridized carbons (Fsp3) is 0.667. The summed E-state index contributed by atoms with van der Waals surface area (Å²) in [5, 5.41) is 3.35. The maximum atomic E-state index is 14.5. The van der Waals surface area contributed by atoms with Crippen LogP contribution < -0.4 is 10.2 Å². The molecule has 0 aromatic heterocycles. The molecule has 0 unspecified atom stereocenters. The molecule has 1 N–H and O–H groups in total. The Bertz CT molecular complexity index is 663. The van der Waals surface area contributed by atoms with E-state index in [1.807, 2.05) is 37.8 Å². The minimum absolute atomic E-state index is 0.202. The Labute approximate surface area is 167 Å². The fourth-order valence-corrected chi connectivity index (χ4v) is 3.59. The molecule has 28 heavy (non-hydrogen) atoms. The predicted octanol–water partition coefficient (Wildman–Crippen LogP) is 3.72. The van der Waals surface area contributed by atoms with Gasteiger partial charge in [-0.3, -0.25) is 0 Å². The molecule has 2 aliphatic heterocycles. The van der Waals surface area contributed by atoms with Gasteiger partial charge in [-0.05, 0) is 57.7 Å². The zero-order valence-corrected chi connectivity index (χ0v) is 17.2. The van der Waals surface area contributed by atoms with Gasteiger partial charge in [0, 0.05) is 38.4 Å². The van der Waals surface area contributed by atoms with Gasteiger partial charge in [-0.25, -0.2) is 9.18 Å². The summed E-state index contributed by atoms with van der Waals surface area (Å²) in [5.41, 5.74) is 0.969. The number of carbonyl (C=O) groups is 1. The van der Waals surface area contributed by atoms with Gasteiger partial charge in [-0.15, -0.1) is 0 Å². The second kappa shape index (κ2) is 8.99. The zero-order chi connectivity index (χ0) is 20.1. The summed E-state index contributed by atoms with van der Waals surface area (Å²) in [4.78, 5) is 15.9. The number of hydrogen-bond acceptors (Lipinski definition) is 5. The van der Waals surface area contributed by atoms with Crippen LogP contribution in [0.5, 0.6) is 0 Å². The number of morpholine rings is 1. The molecular formula is C21H32FN3O3. The lowest BCUT2D eigenvalue weighted by Gasteiger charge is -2.33. The Morgan fingerprint density at radius 3 is 2.50 bits per heavy atom. The van der Waals surface area contributed by atoms with E-state index in [-0.39, 0.29) is 11.9 Å². The Morgan fingerprint density at radius 2 is 1.89 bits per heavy atom. The van der Waals surface area contributed by atoms with Crippen LogP contribution in [0.3, 0.4) is 0 Å². The highest BCUT2D eigenvalue weighted by Gasteiger charge is 2.26. The lowest BCUT2D eigenvalue weighted by Crippen LogP contribution is -2.42. The molecular weight excluding hydrogens is 361 g/mol. The van der Waals surface area contributed by atoms with Gasteiger partial charge >= 0.3 is 6.09 Å². The van der Waals surface area contributed by atoms with Gasteiger partial charge in [0.15, 0.2) is 0 Å². The van der Waals surface area contributed by atoms with Crippen molar-refractivity contribution in [1.29, 1.82) is 0 Å². The van der Waals surface area contributed by atoms with E-state index >= 15 is 0 Å². The quantitative estimate of drug-likeness (QED) is 0.845. The highest BCUT2D eigenvalue weighted by Crippen LogP contribution is 2.25. The summed E-state index contributed by atoms with van der Waals surface area (Å²) in [5.74, 6) is 0.257. The van der Waals surface area contributed by atoms with Gasteiger partial charge in [-0.2, -0.15) is 0 Å². The van der Waals surface area contributed by atoms with Crippen molar-refractivity contribution in [2.24, 2.45) is 5.92 Å². The van der Waals surface area contributed by atoms with Crippen LogP contribution in [0.2, 0.25) is 0 Å². The van der Waals surface area contributed by atoms with Crippen molar-refractivity contribution in [3.8, 4) is 0 Å². The van der Waals surface area contributed by atoms with E-state index < -0.39 is 5.60 Å². The van der Waals surface area contributed by atoms with Crippen molar-refractivity contribution in [1.82, 2.24) is 4.90 Å². The standard InChI is InChI=1S/C21H32FN3O3/c1-21(2,3)28-20(26)25-8-6-16(7-9-25)15-23-17-4-5-19(18(22)14-17)24-10-12-27-13-11-24/h4-5,14,16,23H,6-13,15H2,1-3H3. The Morgan fingerprint density at radius 1 is 1.21 bits per heavy atom. The van der Waals surface area contributed by atoms with Crippen LogP contribution in [0, 0.1) is 11.7 Å². The number of amides is 1. The van der Waals surface area contributed by atoms with E-state index in [1.54, 1.807) is 11.0 Å². The average Bonchev–Trinajstić information content (AvgIpc) is 2.66. The van der Waals surface area contributed by atoms with Gasteiger partial charge in [0.25, 0.3) is 0 Å². The molecule has 0 atom stereocenters. The van der Waals surface area contributed by atoms with E-state index in [4.69, 9.17) is 9.47 Å². The van der Waals surface area contributed by atoms with Gasteiger partial charge in [0.1, 0.15) is 11.4 Å². The minimum atomic E-state index is -0.465. The van der Waals surface area contributed by atoms with Crippen LogP contribution in [0.4, 0.5) is 20.6 Å². The Kier molecular flexibility index (Phi) is 6.65. The van der Waals surface area contributed by atoms with Crippen molar-refractivity contribution >= 4 is 17.5 Å². The maximum Gasteiger partial charge on any atom is 0.410 e. The third kappa shape index (κ3) is 5.74. The Balaban J connectivity index is 1.45. The summed E-state index contributed by atoms with van der Waals surface area (Å²) in [7, 11) is 0. The van der Waals surface area contributed by atoms with E-state index in [2.05, 4.69) is 5.32 Å². The first kappa shape index (κ1) is 20.7. The first-order valence-corrected chi connectivity index (χ1v) is 10.2. The monoisotopic (exact) mass is 393 g/mol. The molecule has 2 heterocycles. The molecule has 0 saturated carbocycles. The largest absolute Gasteiger partial charge is 0.444 e. The average molecular weight is 394 g/mol. The second-order valence-electron chi connectivity index (χ2n) is 8.56. The van der Waals surface area contributed by atoms with E-state index in [9.17, 15) is 9.18 Å². The van der Waals surface area contributed by atoms with Crippen LogP contribution in [-0.4, -0.2) is 62.5 Å². The predicted molar refractivity (Wildman–Crippen MR) is 108 cm³/mol. The number of benzene rings is 1. The topological polar surface area (TPSA) is 54.0 Å². The van der Waals surface area contributed by atoms with E-state index in [1.165, 1.54) is 0 Å². The number of rotatable bonds is 4. The molecule has 1 amide bonds. The van der Waals surface area contributed by atoms with Crippen LogP contribution in [-0.2, 0) is 9.47 Å². The molecule has 2 aliphatic rings. The van der Waals surface area contributed by atoms with Crippen LogP contribution in [0.1, 0.15) is 33.6 Å². The molecule has 156 valence electrons. The number of anilines is 2. The molecule has 2 fully saturated rings. The molecule has 0 bridgehead atoms. The van der Waals surface area contributed by atoms with Gasteiger partial charge < -0.3 is 24.6 Å². The maximum absolute atomic E-state index is 14.5. The van der Waals surface area contributed by atoms with Crippen molar-refractivity contribution in [2.45, 2.75) is 39.2 Å². The first-order chi connectivity index (χ1) is 13.3. The number of piperidine rings is 1. The minimum Gasteiger partial charge on any atom is -0.444 e. The van der Waals surface area contributed by atoms with Gasteiger partial charge in [0.2, 0.25) is 0 Å². The third-order valence-electron chi connectivity index (χ3n) is 5.16. The summed E-state index contributed by atoms with van der Waals surface area (Å²) >= 11 is 0. The van der Waals surface area contributed by atoms with E-state index in [0.29, 0.717) is 37.9 Å². The second-order valence-corrected chi connectivity index (χ2v) is 8.56. The number of ether oxygens (including phenoxy) is 2. The summed E-state index contributed by atoms with van der Waals surface area (Å²) in [6.45, 7) is 10.5. The van der Waals surface area contributed by atoms with Crippen molar-refractivity contribution in [3.63, 3.8) is 0 Å². The number of halogens is 1. The molecule has 1 aromatic rings. The Hall–Kier alpha value is -2.02. The lowest BCUT2D eigenvalue weighted by molar-refractivity contribution is 0.0188. The molecule has 0 spiro atoms. The number of hydrogen-bond donors (Lipinski definition) is 1. The smallest absolute Gasteiger partial charge is 0.410 e. The third-order valence-corrected chi connectivity index (χ3v) is 5.16. The summed E-state index contributed by atoms with van der Waals surface area (Å²) in [6, 6.07) is 5.35. The van der Waals surface area contributed by atoms with Crippen molar-refractivity contribution in [2.75, 3.05) is 56.2 Å². The van der Waals surface area contributed by atoms with Crippen LogP contribution in [0.15, 0.2) is 18.2 Å². The summed E-state index contributed by atoms with van der Waals surface area (Å²) < 4.78 is 25.3. The normalized spacial score (nSPS) is 18.9. The number of likely N-dealkylation sites (tertiary alicyclic amines) is 1. The SMILES string of the molecule is CC(C)(C)OC(=O)N1CCC(CNc2ccc(N3CCOCC3)c(F)c2)CC1. The molecule has 0 radical (unpaired) electrons. The molecule has 3 rings (SSSR count). The number of carbonyl (C=O) groups excluding carboxylic acids is 1. The molecule has 6 nitrogen and oxygen atoms in total. The van der Waals surface area contributed by atoms with Crippen molar-refractivity contribution in [3.05, 3.63) is 24.0 Å². The van der Waals surface area contributed by atoms with Crippen molar-refractivity contribution < 1.29 is 18.7 Å². The van der Waals surface area contributed by atoms with E-state index in [0.717, 1.165) is 38.2 Å². The fourth-order valence-electron chi connectivity index (χ4n) is 3.59. The molecule has 1 aromatic carbocycles. The number of nitrogens with one attached hydrogen (secondary N) is 1. The molecule has 0 aliphatic carbocycles. The highest BCUT2D eigenvalue weighted by molar-refractivity contribution is 5.68. The highest BCUT2D eigenvalue weighted by atomic mass is 19.1. The molecule has 2 saturated heterocycles. The van der Waals surface area contributed by atoms with Crippen LogP contribution >= 0.6 is 0 Å². The van der Waals surface area contributed by atoms with Gasteiger partial charge in [-0.1, -0.05) is 0 Å².